The minimum Gasteiger partial charge on any atom is -0.481 e. The Morgan fingerprint density at radius 3 is 1.70 bits per heavy atom. The van der Waals surface area contributed by atoms with Gasteiger partial charge < -0.3 is 15.3 Å². The van der Waals surface area contributed by atoms with E-state index in [1.165, 1.54) is 10.4 Å². The summed E-state index contributed by atoms with van der Waals surface area (Å²) in [5, 5.41) is 11.9. The third-order valence-electron chi connectivity index (χ3n) is 5.81. The molecule has 0 saturated carbocycles. The van der Waals surface area contributed by atoms with E-state index in [1.54, 1.807) is 0 Å². The molecule has 0 aliphatic carbocycles. The standard InChI is InChI=1S/C25H37NO3Si/c1-24(2,3)22(23(27)28)17-19(26)18-29-30(25(4,5)6,20-13-9-7-10-14-20)21-15-11-8-12-16-21/h7-16,19,22H,17-18,26H2,1-6H3,(H,27,28)/t19-,22?/m0/s1. The van der Waals surface area contributed by atoms with Gasteiger partial charge in [-0.25, -0.2) is 0 Å². The number of aliphatic carboxylic acids is 1. The second-order valence-corrected chi connectivity index (χ2v) is 14.5. The minimum atomic E-state index is -2.66. The van der Waals surface area contributed by atoms with Crippen molar-refractivity contribution < 1.29 is 14.3 Å². The maximum absolute atomic E-state index is 11.8. The van der Waals surface area contributed by atoms with Crippen LogP contribution in [0.4, 0.5) is 0 Å². The maximum Gasteiger partial charge on any atom is 0.307 e. The Bertz CT molecular complexity index is 770. The highest BCUT2D eigenvalue weighted by molar-refractivity contribution is 6.99. The molecule has 0 amide bonds. The van der Waals surface area contributed by atoms with Gasteiger partial charge in [-0.15, -0.1) is 0 Å². The third-order valence-corrected chi connectivity index (χ3v) is 10.8. The van der Waals surface area contributed by atoms with Crippen LogP contribution in [-0.2, 0) is 9.22 Å². The van der Waals surface area contributed by atoms with E-state index in [0.717, 1.165) is 0 Å². The summed E-state index contributed by atoms with van der Waals surface area (Å²) in [6.07, 6.45) is 0.386. The number of carboxylic acid groups (broad SMARTS) is 1. The summed E-state index contributed by atoms with van der Waals surface area (Å²) < 4.78 is 6.84. The van der Waals surface area contributed by atoms with Gasteiger partial charge in [-0.3, -0.25) is 4.79 Å². The Morgan fingerprint density at radius 1 is 0.933 bits per heavy atom. The monoisotopic (exact) mass is 427 g/mol. The largest absolute Gasteiger partial charge is 0.481 e. The van der Waals surface area contributed by atoms with Crippen molar-refractivity contribution in [2.45, 2.75) is 59.0 Å². The fourth-order valence-electron chi connectivity index (χ4n) is 4.19. The van der Waals surface area contributed by atoms with E-state index in [0.29, 0.717) is 13.0 Å². The predicted octanol–water partition coefficient (Wildman–Crippen LogP) is 4.03. The number of benzene rings is 2. The van der Waals surface area contributed by atoms with Gasteiger partial charge in [-0.2, -0.15) is 0 Å². The van der Waals surface area contributed by atoms with Crippen molar-refractivity contribution in [1.29, 1.82) is 0 Å². The lowest BCUT2D eigenvalue weighted by Gasteiger charge is -2.43. The number of hydrogen-bond donors (Lipinski definition) is 2. The molecule has 0 fully saturated rings. The summed E-state index contributed by atoms with van der Waals surface area (Å²) >= 11 is 0. The number of carbonyl (C=O) groups is 1. The molecule has 2 aromatic carbocycles. The minimum absolute atomic E-state index is 0.133. The summed E-state index contributed by atoms with van der Waals surface area (Å²) in [6.45, 7) is 12.8. The predicted molar refractivity (Wildman–Crippen MR) is 127 cm³/mol. The first-order valence-electron chi connectivity index (χ1n) is 10.6. The normalized spacial score (nSPS) is 14.9. The summed E-state index contributed by atoms with van der Waals surface area (Å²) in [4.78, 5) is 11.8. The van der Waals surface area contributed by atoms with Gasteiger partial charge in [0.05, 0.1) is 5.92 Å². The van der Waals surface area contributed by atoms with Crippen LogP contribution in [0, 0.1) is 11.3 Å². The second-order valence-electron chi connectivity index (χ2n) is 10.2. The molecule has 0 aliphatic rings. The van der Waals surface area contributed by atoms with Gasteiger partial charge in [0.25, 0.3) is 8.32 Å². The van der Waals surface area contributed by atoms with E-state index in [2.05, 4.69) is 69.3 Å². The quantitative estimate of drug-likeness (QED) is 0.624. The summed E-state index contributed by atoms with van der Waals surface area (Å²) in [5.41, 5.74) is 6.09. The molecule has 0 radical (unpaired) electrons. The molecule has 5 heteroatoms. The first-order chi connectivity index (χ1) is 13.9. The molecule has 4 nitrogen and oxygen atoms in total. The van der Waals surface area contributed by atoms with Crippen LogP contribution in [0.25, 0.3) is 0 Å². The molecule has 2 atom stereocenters. The maximum atomic E-state index is 11.8. The van der Waals surface area contributed by atoms with Gasteiger partial charge in [-0.05, 0) is 27.2 Å². The molecule has 0 spiro atoms. The van der Waals surface area contributed by atoms with Crippen LogP contribution in [0.5, 0.6) is 0 Å². The Kier molecular flexibility index (Phi) is 7.67. The molecule has 0 saturated heterocycles. The SMILES string of the molecule is CC(C)(C)C(C[C@H](N)CO[Si](c1ccccc1)(c1ccccc1)C(C)(C)C)C(=O)O. The van der Waals surface area contributed by atoms with Gasteiger partial charge >= 0.3 is 5.97 Å². The number of carboxylic acids is 1. The molecule has 2 rings (SSSR count). The van der Waals surface area contributed by atoms with E-state index in [9.17, 15) is 9.90 Å². The lowest BCUT2D eigenvalue weighted by Crippen LogP contribution is -2.67. The first-order valence-corrected chi connectivity index (χ1v) is 12.5. The molecule has 0 bridgehead atoms. The molecular formula is C25H37NO3Si. The number of nitrogens with two attached hydrogens (primary N) is 1. The Labute approximate surface area is 182 Å². The average Bonchev–Trinajstić information content (AvgIpc) is 2.66. The summed E-state index contributed by atoms with van der Waals surface area (Å²) in [7, 11) is -2.66. The smallest absolute Gasteiger partial charge is 0.307 e. The molecular weight excluding hydrogens is 390 g/mol. The van der Waals surface area contributed by atoms with Gasteiger partial charge in [0.1, 0.15) is 0 Å². The van der Waals surface area contributed by atoms with Crippen molar-refractivity contribution in [3.8, 4) is 0 Å². The van der Waals surface area contributed by atoms with Crippen LogP contribution >= 0.6 is 0 Å². The van der Waals surface area contributed by atoms with E-state index in [4.69, 9.17) is 10.2 Å². The Morgan fingerprint density at radius 2 is 1.37 bits per heavy atom. The Balaban J connectivity index is 2.41. The van der Waals surface area contributed by atoms with Crippen LogP contribution in [0.2, 0.25) is 5.04 Å². The lowest BCUT2D eigenvalue weighted by molar-refractivity contribution is -0.146. The van der Waals surface area contributed by atoms with Crippen molar-refractivity contribution in [3.05, 3.63) is 60.7 Å². The highest BCUT2D eigenvalue weighted by Crippen LogP contribution is 2.37. The van der Waals surface area contributed by atoms with Gasteiger partial charge in [-0.1, -0.05) is 102 Å². The molecule has 1 unspecified atom stereocenters. The number of rotatable bonds is 8. The molecule has 164 valence electrons. The fraction of sp³-hybridized carbons (Fsp3) is 0.480. The van der Waals surface area contributed by atoms with Crippen LogP contribution in [-0.4, -0.2) is 32.0 Å². The molecule has 3 N–H and O–H groups in total. The van der Waals surface area contributed by atoms with E-state index >= 15 is 0 Å². The van der Waals surface area contributed by atoms with Gasteiger partial charge in [0, 0.05) is 12.6 Å². The van der Waals surface area contributed by atoms with Crippen molar-refractivity contribution in [1.82, 2.24) is 0 Å². The zero-order chi connectivity index (χ0) is 22.6. The third kappa shape index (κ3) is 5.39. The van der Waals surface area contributed by atoms with E-state index in [1.807, 2.05) is 32.9 Å². The molecule has 0 heterocycles. The first kappa shape index (κ1) is 24.3. The van der Waals surface area contributed by atoms with Crippen LogP contribution in [0.1, 0.15) is 48.0 Å². The summed E-state index contributed by atoms with van der Waals surface area (Å²) in [6, 6.07) is 20.5. The van der Waals surface area contributed by atoms with E-state index in [-0.39, 0.29) is 16.5 Å². The highest BCUT2D eigenvalue weighted by atomic mass is 28.4. The van der Waals surface area contributed by atoms with Crippen LogP contribution < -0.4 is 16.1 Å². The van der Waals surface area contributed by atoms with Crippen molar-refractivity contribution in [2.24, 2.45) is 17.1 Å². The molecule has 0 aromatic heterocycles. The van der Waals surface area contributed by atoms with Crippen LogP contribution in [0.3, 0.4) is 0 Å². The molecule has 30 heavy (non-hydrogen) atoms. The summed E-state index contributed by atoms with van der Waals surface area (Å²) in [5.74, 6) is -1.32. The zero-order valence-corrected chi connectivity index (χ0v) is 20.2. The molecule has 0 aliphatic heterocycles. The number of hydrogen-bond acceptors (Lipinski definition) is 3. The highest BCUT2D eigenvalue weighted by Gasteiger charge is 2.50. The van der Waals surface area contributed by atoms with Crippen molar-refractivity contribution >= 4 is 24.7 Å². The van der Waals surface area contributed by atoms with Gasteiger partial charge in [0.15, 0.2) is 0 Å². The lowest BCUT2D eigenvalue weighted by atomic mass is 9.77. The molecule has 2 aromatic rings. The van der Waals surface area contributed by atoms with Crippen LogP contribution in [0.15, 0.2) is 60.7 Å². The zero-order valence-electron chi connectivity index (χ0n) is 19.2. The Hall–Kier alpha value is -1.95. The van der Waals surface area contributed by atoms with Crippen molar-refractivity contribution in [2.75, 3.05) is 6.61 Å². The van der Waals surface area contributed by atoms with E-state index < -0.39 is 20.2 Å². The fourth-order valence-corrected chi connectivity index (χ4v) is 8.81. The average molecular weight is 428 g/mol. The van der Waals surface area contributed by atoms with Crippen molar-refractivity contribution in [3.63, 3.8) is 0 Å². The topological polar surface area (TPSA) is 72.5 Å². The van der Waals surface area contributed by atoms with Gasteiger partial charge in [0.2, 0.25) is 0 Å². The second kappa shape index (κ2) is 9.46.